The van der Waals surface area contributed by atoms with E-state index in [1.807, 2.05) is 0 Å². The molecule has 0 fully saturated rings. The number of rotatable bonds is 7. The van der Waals surface area contributed by atoms with Gasteiger partial charge < -0.3 is 9.47 Å². The average molecular weight is 409 g/mol. The van der Waals surface area contributed by atoms with E-state index in [4.69, 9.17) is 5.14 Å². The second-order valence-electron chi connectivity index (χ2n) is 3.20. The molecule has 0 saturated carbocycles. The molecule has 0 bridgehead atoms. The van der Waals surface area contributed by atoms with Gasteiger partial charge in [0.15, 0.2) is 0 Å². The molecule has 2 N–H and O–H groups in total. The highest BCUT2D eigenvalue weighted by molar-refractivity contribution is 14.1. The van der Waals surface area contributed by atoms with Crippen molar-refractivity contribution in [2.24, 2.45) is 5.14 Å². The van der Waals surface area contributed by atoms with E-state index in [2.05, 4.69) is 32.1 Å². The highest BCUT2D eigenvalue weighted by atomic mass is 127. The van der Waals surface area contributed by atoms with Crippen LogP contribution in [0.4, 0.5) is 0 Å². The fraction of sp³-hybridized carbons (Fsp3) is 0.800. The van der Waals surface area contributed by atoms with Crippen molar-refractivity contribution in [3.8, 4) is 0 Å². The van der Waals surface area contributed by atoms with Gasteiger partial charge in [0, 0.05) is 4.43 Å². The summed E-state index contributed by atoms with van der Waals surface area (Å²) in [5.41, 5.74) is 0. The third-order valence-corrected chi connectivity index (χ3v) is 3.08. The van der Waals surface area contributed by atoms with Crippen molar-refractivity contribution in [3.05, 3.63) is 0 Å². The third-order valence-electron chi connectivity index (χ3n) is 1.46. The lowest BCUT2D eigenvalue weighted by atomic mass is 10.4. The number of sulfonamides is 1. The van der Waals surface area contributed by atoms with Crippen LogP contribution in [0.25, 0.3) is 0 Å². The van der Waals surface area contributed by atoms with E-state index in [0.29, 0.717) is 6.42 Å². The molecule has 114 valence electrons. The first-order valence-electron chi connectivity index (χ1n) is 5.64. The van der Waals surface area contributed by atoms with E-state index in [-0.39, 0.29) is 25.4 Å². The van der Waals surface area contributed by atoms with Crippen molar-refractivity contribution >= 4 is 44.6 Å². The van der Waals surface area contributed by atoms with Gasteiger partial charge >= 0.3 is 11.9 Å². The summed E-state index contributed by atoms with van der Waals surface area (Å²) in [6, 6.07) is 0. The van der Waals surface area contributed by atoms with Gasteiger partial charge in [-0.05, 0) is 20.3 Å². The van der Waals surface area contributed by atoms with Gasteiger partial charge in [0.2, 0.25) is 10.0 Å². The normalized spacial score (nSPS) is 10.1. The molecule has 0 rings (SSSR count). The first-order valence-corrected chi connectivity index (χ1v) is 8.88. The molecule has 9 heteroatoms. The lowest BCUT2D eigenvalue weighted by Crippen LogP contribution is -2.16. The topological polar surface area (TPSA) is 113 Å². The Hall–Kier alpha value is -0.420. The van der Waals surface area contributed by atoms with Crippen LogP contribution >= 0.6 is 22.6 Å². The zero-order valence-electron chi connectivity index (χ0n) is 11.1. The molecule has 7 nitrogen and oxygen atoms in total. The Labute approximate surface area is 127 Å². The van der Waals surface area contributed by atoms with Crippen LogP contribution in [0.3, 0.4) is 0 Å². The van der Waals surface area contributed by atoms with Gasteiger partial charge in [-0.15, -0.1) is 0 Å². The third kappa shape index (κ3) is 20.1. The number of alkyl halides is 1. The number of carbonyl (C=O) groups excluding carboxylic acids is 2. The Morgan fingerprint density at radius 3 is 1.74 bits per heavy atom. The van der Waals surface area contributed by atoms with Crippen LogP contribution in [0.2, 0.25) is 0 Å². The molecule has 0 aliphatic carbocycles. The fourth-order valence-corrected chi connectivity index (χ4v) is 2.24. The Balaban J connectivity index is 0. The Morgan fingerprint density at radius 2 is 1.53 bits per heavy atom. The highest BCUT2D eigenvalue weighted by Crippen LogP contribution is 1.90. The molecular formula is C10H20INO6S. The van der Waals surface area contributed by atoms with E-state index in [0.717, 1.165) is 4.43 Å². The lowest BCUT2D eigenvalue weighted by Gasteiger charge is -2.00. The molecule has 0 saturated heterocycles. The number of halogens is 1. The Morgan fingerprint density at radius 1 is 1.11 bits per heavy atom. The number of hydrogen-bond acceptors (Lipinski definition) is 6. The second-order valence-corrected chi connectivity index (χ2v) is 6.01. The van der Waals surface area contributed by atoms with Gasteiger partial charge in [-0.25, -0.2) is 13.6 Å². The van der Waals surface area contributed by atoms with Crippen LogP contribution in [0, 0.1) is 0 Å². The molecular weight excluding hydrogens is 389 g/mol. The molecule has 0 heterocycles. The highest BCUT2D eigenvalue weighted by Gasteiger charge is 2.09. The molecule has 0 aromatic heterocycles. The van der Waals surface area contributed by atoms with E-state index >= 15 is 0 Å². The van der Waals surface area contributed by atoms with Crippen molar-refractivity contribution in [2.45, 2.75) is 26.7 Å². The second kappa shape index (κ2) is 12.6. The number of primary sulfonamides is 1. The summed E-state index contributed by atoms with van der Waals surface area (Å²) in [6.45, 7) is 3.95. The zero-order chi connectivity index (χ0) is 15.3. The maximum Gasteiger partial charge on any atom is 0.317 e. The summed E-state index contributed by atoms with van der Waals surface area (Å²) in [5, 5.41) is 4.69. The van der Waals surface area contributed by atoms with Crippen LogP contribution in [-0.2, 0) is 29.1 Å². The van der Waals surface area contributed by atoms with E-state index in [9.17, 15) is 18.0 Å². The van der Waals surface area contributed by atoms with Gasteiger partial charge in [-0.2, -0.15) is 0 Å². The predicted octanol–water partition coefficient (Wildman–Crippen LogP) is 0.603. The zero-order valence-corrected chi connectivity index (χ0v) is 14.0. The minimum absolute atomic E-state index is 0.107. The molecule has 0 aliphatic heterocycles. The first-order chi connectivity index (χ1) is 8.76. The quantitative estimate of drug-likeness (QED) is 0.285. The molecule has 0 spiro atoms. The summed E-state index contributed by atoms with van der Waals surface area (Å²) in [6.07, 6.45) is 0.362. The molecule has 0 aromatic carbocycles. The van der Waals surface area contributed by atoms with Gasteiger partial charge in [0.05, 0.1) is 19.0 Å². The molecule has 0 unspecified atom stereocenters. The summed E-state index contributed by atoms with van der Waals surface area (Å²) >= 11 is 2.11. The van der Waals surface area contributed by atoms with E-state index < -0.39 is 22.0 Å². The molecule has 0 amide bonds. The standard InChI is InChI=1S/C7H12O4.C3H8INO2S/c1-3-10-6(8)5-7(9)11-4-2;4-2-1-3-8(5,6)7/h3-5H2,1-2H3;1-3H2,(H2,5,6,7). The number of hydrogen-bond donors (Lipinski definition) is 1. The number of nitrogens with two attached hydrogens (primary N) is 1. The minimum Gasteiger partial charge on any atom is -0.466 e. The Bertz CT molecular complexity index is 341. The molecule has 0 atom stereocenters. The van der Waals surface area contributed by atoms with Crippen LogP contribution < -0.4 is 5.14 Å². The van der Waals surface area contributed by atoms with Crippen molar-refractivity contribution in [2.75, 3.05) is 23.4 Å². The van der Waals surface area contributed by atoms with Crippen molar-refractivity contribution in [3.63, 3.8) is 0 Å². The molecule has 0 aliphatic rings. The maximum absolute atomic E-state index is 10.6. The van der Waals surface area contributed by atoms with Crippen LogP contribution in [0.15, 0.2) is 0 Å². The van der Waals surface area contributed by atoms with Crippen molar-refractivity contribution in [1.82, 2.24) is 0 Å². The molecule has 0 aromatic rings. The number of ether oxygens (including phenoxy) is 2. The molecule has 0 radical (unpaired) electrons. The smallest absolute Gasteiger partial charge is 0.317 e. The molecule has 19 heavy (non-hydrogen) atoms. The monoisotopic (exact) mass is 409 g/mol. The summed E-state index contributed by atoms with van der Waals surface area (Å²) in [4.78, 5) is 21.2. The number of carbonyl (C=O) groups is 2. The van der Waals surface area contributed by atoms with Gasteiger partial charge in [0.25, 0.3) is 0 Å². The summed E-state index contributed by atoms with van der Waals surface area (Å²) in [5.74, 6) is -0.965. The van der Waals surface area contributed by atoms with Gasteiger partial charge in [-0.1, -0.05) is 22.6 Å². The first kappa shape index (κ1) is 20.9. The van der Waals surface area contributed by atoms with Crippen LogP contribution in [-0.4, -0.2) is 43.8 Å². The lowest BCUT2D eigenvalue weighted by molar-refractivity contribution is -0.153. The van der Waals surface area contributed by atoms with Crippen LogP contribution in [0.5, 0.6) is 0 Å². The maximum atomic E-state index is 10.6. The van der Waals surface area contributed by atoms with Gasteiger partial charge in [0.1, 0.15) is 6.42 Å². The Kier molecular flexibility index (Phi) is 13.9. The fourth-order valence-electron chi connectivity index (χ4n) is 0.798. The summed E-state index contributed by atoms with van der Waals surface area (Å²) in [7, 11) is -3.19. The minimum atomic E-state index is -3.19. The van der Waals surface area contributed by atoms with E-state index in [1.54, 1.807) is 13.8 Å². The largest absolute Gasteiger partial charge is 0.466 e. The average Bonchev–Trinajstić information content (AvgIpc) is 2.26. The number of esters is 2. The summed E-state index contributed by atoms with van der Waals surface area (Å²) < 4.78 is 30.2. The van der Waals surface area contributed by atoms with E-state index in [1.165, 1.54) is 0 Å². The predicted molar refractivity (Wildman–Crippen MR) is 79.4 cm³/mol. The van der Waals surface area contributed by atoms with Crippen LogP contribution in [0.1, 0.15) is 26.7 Å². The van der Waals surface area contributed by atoms with Gasteiger partial charge in [-0.3, -0.25) is 9.59 Å². The van der Waals surface area contributed by atoms with Crippen molar-refractivity contribution < 1.29 is 27.5 Å². The SMILES string of the molecule is CCOC(=O)CC(=O)OCC.NS(=O)(=O)CCCI. The van der Waals surface area contributed by atoms with Crippen molar-refractivity contribution in [1.29, 1.82) is 0 Å².